The highest BCUT2D eigenvalue weighted by molar-refractivity contribution is 9.10. The van der Waals surface area contributed by atoms with Crippen molar-refractivity contribution in [1.29, 1.82) is 0 Å². The summed E-state index contributed by atoms with van der Waals surface area (Å²) in [4.78, 5) is 4.54. The zero-order valence-corrected chi connectivity index (χ0v) is 10.4. The van der Waals surface area contributed by atoms with Crippen LogP contribution in [0, 0.1) is 5.92 Å². The van der Waals surface area contributed by atoms with Crippen LogP contribution in [0.15, 0.2) is 10.8 Å². The Hall–Kier alpha value is -0.310. The number of aromatic nitrogens is 2. The van der Waals surface area contributed by atoms with Crippen molar-refractivity contribution >= 4 is 15.9 Å². The van der Waals surface area contributed by atoms with Gasteiger partial charge in [-0.15, -0.1) is 0 Å². The second-order valence-corrected chi connectivity index (χ2v) is 5.30. The molecule has 0 spiro atoms. The molecule has 0 atom stereocenters. The van der Waals surface area contributed by atoms with E-state index in [9.17, 15) is 0 Å². The third-order valence-electron chi connectivity index (χ3n) is 3.26. The van der Waals surface area contributed by atoms with Crippen molar-refractivity contribution in [3.8, 4) is 0 Å². The average Bonchev–Trinajstić information content (AvgIpc) is 2.47. The molecule has 1 heterocycles. The Bertz CT molecular complexity index is 311. The molecular formula is C11H17BrN2. The fraction of sp³-hybridized carbons (Fsp3) is 0.727. The first-order valence-electron chi connectivity index (χ1n) is 5.35. The summed E-state index contributed by atoms with van der Waals surface area (Å²) in [7, 11) is 2.09. The van der Waals surface area contributed by atoms with E-state index in [2.05, 4.69) is 39.5 Å². The van der Waals surface area contributed by atoms with Gasteiger partial charge >= 0.3 is 0 Å². The van der Waals surface area contributed by atoms with E-state index in [1.807, 2.05) is 6.20 Å². The Morgan fingerprint density at radius 3 is 2.50 bits per heavy atom. The van der Waals surface area contributed by atoms with Gasteiger partial charge in [0.05, 0.1) is 0 Å². The molecule has 1 aromatic heterocycles. The minimum absolute atomic E-state index is 0.683. The smallest absolute Gasteiger partial charge is 0.124 e. The zero-order chi connectivity index (χ0) is 10.1. The molecule has 3 heteroatoms. The van der Waals surface area contributed by atoms with Gasteiger partial charge in [0, 0.05) is 19.2 Å². The maximum atomic E-state index is 4.54. The fourth-order valence-corrected chi connectivity index (χ4v) is 2.83. The summed E-state index contributed by atoms with van der Waals surface area (Å²) in [5.74, 6) is 2.85. The van der Waals surface area contributed by atoms with Crippen molar-refractivity contribution in [1.82, 2.24) is 9.55 Å². The molecule has 14 heavy (non-hydrogen) atoms. The monoisotopic (exact) mass is 256 g/mol. The van der Waals surface area contributed by atoms with Crippen LogP contribution in [-0.4, -0.2) is 9.55 Å². The van der Waals surface area contributed by atoms with Crippen molar-refractivity contribution in [2.24, 2.45) is 13.0 Å². The molecule has 0 unspecified atom stereocenters. The van der Waals surface area contributed by atoms with Gasteiger partial charge in [-0.2, -0.15) is 0 Å². The first kappa shape index (κ1) is 10.2. The van der Waals surface area contributed by atoms with E-state index in [1.54, 1.807) is 0 Å². The molecule has 0 saturated heterocycles. The fourth-order valence-electron chi connectivity index (χ4n) is 2.34. The molecule has 0 aliphatic heterocycles. The third kappa shape index (κ3) is 2.02. The van der Waals surface area contributed by atoms with Gasteiger partial charge in [0.25, 0.3) is 0 Å². The second kappa shape index (κ2) is 4.05. The van der Waals surface area contributed by atoms with Gasteiger partial charge in [-0.05, 0) is 34.7 Å². The number of aryl methyl sites for hydroxylation is 1. The normalized spacial score (nSPS) is 27.9. The first-order valence-corrected chi connectivity index (χ1v) is 6.15. The van der Waals surface area contributed by atoms with Crippen LogP contribution in [0.4, 0.5) is 0 Å². The van der Waals surface area contributed by atoms with Crippen LogP contribution in [0.5, 0.6) is 0 Å². The highest BCUT2D eigenvalue weighted by atomic mass is 79.9. The topological polar surface area (TPSA) is 17.8 Å². The van der Waals surface area contributed by atoms with Crippen LogP contribution in [0.3, 0.4) is 0 Å². The zero-order valence-electron chi connectivity index (χ0n) is 8.83. The van der Waals surface area contributed by atoms with Crippen molar-refractivity contribution in [2.75, 3.05) is 0 Å². The van der Waals surface area contributed by atoms with Gasteiger partial charge in [0.2, 0.25) is 0 Å². The lowest BCUT2D eigenvalue weighted by atomic mass is 9.82. The number of imidazole rings is 1. The molecule has 0 N–H and O–H groups in total. The van der Waals surface area contributed by atoms with Crippen molar-refractivity contribution in [3.05, 3.63) is 16.6 Å². The SMILES string of the molecule is CC1CCC(c2nc(Br)cn2C)CC1. The van der Waals surface area contributed by atoms with E-state index in [0.29, 0.717) is 5.92 Å². The molecule has 2 rings (SSSR count). The molecule has 0 radical (unpaired) electrons. The Balaban J connectivity index is 2.11. The van der Waals surface area contributed by atoms with Crippen LogP contribution < -0.4 is 0 Å². The predicted molar refractivity (Wildman–Crippen MR) is 61.3 cm³/mol. The summed E-state index contributed by atoms with van der Waals surface area (Å²) in [5.41, 5.74) is 0. The largest absolute Gasteiger partial charge is 0.337 e. The summed E-state index contributed by atoms with van der Waals surface area (Å²) in [6.07, 6.45) is 7.37. The molecule has 2 nitrogen and oxygen atoms in total. The van der Waals surface area contributed by atoms with Gasteiger partial charge in [0.15, 0.2) is 0 Å². The van der Waals surface area contributed by atoms with Crippen molar-refractivity contribution in [2.45, 2.75) is 38.5 Å². The molecule has 1 aliphatic rings. The summed E-state index contributed by atoms with van der Waals surface area (Å²) >= 11 is 3.43. The van der Waals surface area contributed by atoms with Crippen LogP contribution in [0.1, 0.15) is 44.3 Å². The van der Waals surface area contributed by atoms with E-state index in [-0.39, 0.29) is 0 Å². The summed E-state index contributed by atoms with van der Waals surface area (Å²) in [6, 6.07) is 0. The van der Waals surface area contributed by atoms with Crippen molar-refractivity contribution in [3.63, 3.8) is 0 Å². The van der Waals surface area contributed by atoms with Gasteiger partial charge in [-0.3, -0.25) is 0 Å². The highest BCUT2D eigenvalue weighted by Gasteiger charge is 2.22. The van der Waals surface area contributed by atoms with Gasteiger partial charge in [-0.1, -0.05) is 19.8 Å². The Kier molecular flexibility index (Phi) is 2.96. The Morgan fingerprint density at radius 1 is 1.36 bits per heavy atom. The minimum Gasteiger partial charge on any atom is -0.337 e. The van der Waals surface area contributed by atoms with Crippen LogP contribution in [0.2, 0.25) is 0 Å². The lowest BCUT2D eigenvalue weighted by molar-refractivity contribution is 0.336. The number of nitrogens with zero attached hydrogens (tertiary/aromatic N) is 2. The third-order valence-corrected chi connectivity index (χ3v) is 3.65. The summed E-state index contributed by atoms with van der Waals surface area (Å²) in [5, 5.41) is 0. The van der Waals surface area contributed by atoms with E-state index >= 15 is 0 Å². The van der Waals surface area contributed by atoms with E-state index in [1.165, 1.54) is 31.5 Å². The van der Waals surface area contributed by atoms with Gasteiger partial charge < -0.3 is 4.57 Å². The molecule has 0 aromatic carbocycles. The molecule has 1 aromatic rings. The van der Waals surface area contributed by atoms with E-state index in [0.717, 1.165) is 10.5 Å². The molecule has 0 bridgehead atoms. The molecule has 78 valence electrons. The van der Waals surface area contributed by atoms with E-state index < -0.39 is 0 Å². The van der Waals surface area contributed by atoms with E-state index in [4.69, 9.17) is 0 Å². The number of rotatable bonds is 1. The lowest BCUT2D eigenvalue weighted by Gasteiger charge is -2.25. The first-order chi connectivity index (χ1) is 6.66. The Labute approximate surface area is 93.9 Å². The molecule has 1 saturated carbocycles. The van der Waals surface area contributed by atoms with Crippen LogP contribution in [-0.2, 0) is 7.05 Å². The lowest BCUT2D eigenvalue weighted by Crippen LogP contribution is -2.14. The average molecular weight is 257 g/mol. The van der Waals surface area contributed by atoms with Gasteiger partial charge in [-0.25, -0.2) is 4.98 Å². The molecule has 1 fully saturated rings. The molecular weight excluding hydrogens is 240 g/mol. The Morgan fingerprint density at radius 2 is 2.00 bits per heavy atom. The quantitative estimate of drug-likeness (QED) is 0.753. The summed E-state index contributed by atoms with van der Waals surface area (Å²) in [6.45, 7) is 2.35. The maximum absolute atomic E-state index is 4.54. The summed E-state index contributed by atoms with van der Waals surface area (Å²) < 4.78 is 3.12. The van der Waals surface area contributed by atoms with Crippen LogP contribution >= 0.6 is 15.9 Å². The van der Waals surface area contributed by atoms with Gasteiger partial charge in [0.1, 0.15) is 10.4 Å². The number of hydrogen-bond acceptors (Lipinski definition) is 1. The second-order valence-electron chi connectivity index (χ2n) is 4.49. The highest BCUT2D eigenvalue weighted by Crippen LogP contribution is 2.35. The number of hydrogen-bond donors (Lipinski definition) is 0. The molecule has 0 amide bonds. The predicted octanol–water partition coefficient (Wildman–Crippen LogP) is 3.48. The maximum Gasteiger partial charge on any atom is 0.124 e. The van der Waals surface area contributed by atoms with Crippen molar-refractivity contribution < 1.29 is 0 Å². The van der Waals surface area contributed by atoms with Crippen LogP contribution in [0.25, 0.3) is 0 Å². The molecule has 1 aliphatic carbocycles. The minimum atomic E-state index is 0.683. The standard InChI is InChI=1S/C11H17BrN2/c1-8-3-5-9(6-4-8)11-13-10(12)7-14(11)2/h7-9H,3-6H2,1-2H3. The number of halogens is 1.